The van der Waals surface area contributed by atoms with Crippen LogP contribution in [0.25, 0.3) is 0 Å². The first-order valence-electron chi connectivity index (χ1n) is 4.12. The number of hydrogen-bond acceptors (Lipinski definition) is 4. The molecule has 74 valence electrons. The molecule has 1 saturated heterocycles. The maximum absolute atomic E-state index is 10.6. The molecule has 1 heterocycles. The maximum Gasteiger partial charge on any atom is 0.164 e. The molecule has 0 aliphatic carbocycles. The largest absolute Gasteiger partial charge is 0.386 e. The lowest BCUT2D eigenvalue weighted by Gasteiger charge is -2.18. The molecule has 1 N–H and O–H groups in total. The van der Waals surface area contributed by atoms with Gasteiger partial charge in [0.15, 0.2) is 12.1 Å². The lowest BCUT2D eigenvalue weighted by molar-refractivity contribution is -0.154. The predicted octanol–water partition coefficient (Wildman–Crippen LogP) is 0.252. The highest BCUT2D eigenvalue weighted by Crippen LogP contribution is 2.29. The number of aliphatic hydroxyl groups is 1. The lowest BCUT2D eigenvalue weighted by Crippen LogP contribution is -2.34. The smallest absolute Gasteiger partial charge is 0.164 e. The Hall–Kier alpha value is -0.710. The fourth-order valence-electron chi connectivity index (χ4n) is 1.32. The molecule has 0 saturated carbocycles. The third-order valence-corrected chi connectivity index (χ3v) is 1.88. The average Bonchev–Trinajstić information content (AvgIpc) is 2.39. The van der Waals surface area contributed by atoms with Crippen molar-refractivity contribution in [1.82, 2.24) is 0 Å². The summed E-state index contributed by atoms with van der Waals surface area (Å²) in [7, 11) is 0. The Balaban J connectivity index is 2.74. The molecule has 0 aromatic heterocycles. The molecule has 1 fully saturated rings. The summed E-state index contributed by atoms with van der Waals surface area (Å²) in [6.45, 7) is 6.81. The van der Waals surface area contributed by atoms with E-state index in [0.717, 1.165) is 0 Å². The minimum atomic E-state index is -0.878. The van der Waals surface area contributed by atoms with Crippen LogP contribution in [0.15, 0.2) is 12.7 Å². The van der Waals surface area contributed by atoms with Crippen molar-refractivity contribution in [3.63, 3.8) is 0 Å². The summed E-state index contributed by atoms with van der Waals surface area (Å²) in [5.41, 5.74) is 0. The van der Waals surface area contributed by atoms with Crippen LogP contribution in [0.2, 0.25) is 0 Å². The minimum absolute atomic E-state index is 0.631. The van der Waals surface area contributed by atoms with E-state index in [2.05, 4.69) is 6.58 Å². The van der Waals surface area contributed by atoms with Crippen molar-refractivity contribution in [3.05, 3.63) is 12.7 Å². The van der Waals surface area contributed by atoms with Crippen LogP contribution in [0.1, 0.15) is 13.8 Å². The summed E-state index contributed by atoms with van der Waals surface area (Å²) in [5.74, 6) is -0.819. The second-order valence-corrected chi connectivity index (χ2v) is 3.43. The number of carbonyl (C=O) groups excluding carboxylic acids is 1. The van der Waals surface area contributed by atoms with E-state index in [-0.39, 0.29) is 0 Å². The van der Waals surface area contributed by atoms with Crippen molar-refractivity contribution >= 4 is 6.29 Å². The van der Waals surface area contributed by atoms with Crippen LogP contribution in [-0.4, -0.2) is 35.5 Å². The van der Waals surface area contributed by atoms with Gasteiger partial charge in [0.05, 0.1) is 0 Å². The number of aldehydes is 1. The Bertz CT molecular complexity index is 212. The van der Waals surface area contributed by atoms with Gasteiger partial charge in [0.2, 0.25) is 0 Å². The zero-order chi connectivity index (χ0) is 10.1. The zero-order valence-electron chi connectivity index (χ0n) is 7.77. The molecule has 0 spiro atoms. The highest BCUT2D eigenvalue weighted by atomic mass is 16.8. The first kappa shape index (κ1) is 10.4. The summed E-state index contributed by atoms with van der Waals surface area (Å²) in [5, 5.41) is 9.41. The summed E-state index contributed by atoms with van der Waals surface area (Å²) < 4.78 is 10.6. The van der Waals surface area contributed by atoms with E-state index < -0.39 is 24.1 Å². The summed E-state index contributed by atoms with van der Waals surface area (Å²) in [4.78, 5) is 10.6. The average molecular weight is 186 g/mol. The van der Waals surface area contributed by atoms with Gasteiger partial charge in [-0.3, -0.25) is 0 Å². The van der Waals surface area contributed by atoms with E-state index in [1.54, 1.807) is 13.8 Å². The van der Waals surface area contributed by atoms with Crippen LogP contribution in [0.4, 0.5) is 0 Å². The molecule has 1 rings (SSSR count). The maximum atomic E-state index is 10.6. The zero-order valence-corrected chi connectivity index (χ0v) is 7.77. The van der Waals surface area contributed by atoms with E-state index >= 15 is 0 Å². The Morgan fingerprint density at radius 1 is 1.54 bits per heavy atom. The molecule has 0 aromatic rings. The van der Waals surface area contributed by atoms with Crippen molar-refractivity contribution in [2.45, 2.75) is 37.9 Å². The molecule has 0 aromatic carbocycles. The second-order valence-electron chi connectivity index (χ2n) is 3.43. The molecule has 0 amide bonds. The SMILES string of the molecule is C=C[C@@H](O)C1OC(C)(C)O[C@H]1C=O. The van der Waals surface area contributed by atoms with Crippen molar-refractivity contribution in [2.75, 3.05) is 0 Å². The highest BCUT2D eigenvalue weighted by molar-refractivity contribution is 5.58. The normalized spacial score (nSPS) is 34.1. The molecular formula is C9H14O4. The molecule has 4 nitrogen and oxygen atoms in total. The molecule has 1 aliphatic rings. The summed E-state index contributed by atoms with van der Waals surface area (Å²) in [6.07, 6.45) is -0.289. The molecule has 0 radical (unpaired) electrons. The highest BCUT2D eigenvalue weighted by Gasteiger charge is 2.43. The number of aliphatic hydroxyl groups excluding tert-OH is 1. The third kappa shape index (κ3) is 2.15. The second kappa shape index (κ2) is 3.57. The van der Waals surface area contributed by atoms with Crippen LogP contribution in [-0.2, 0) is 14.3 Å². The van der Waals surface area contributed by atoms with Gasteiger partial charge in [0.25, 0.3) is 0 Å². The molecule has 1 aliphatic heterocycles. The summed E-state index contributed by atoms with van der Waals surface area (Å²) in [6, 6.07) is 0. The fraction of sp³-hybridized carbons (Fsp3) is 0.667. The lowest BCUT2D eigenvalue weighted by atomic mass is 10.1. The van der Waals surface area contributed by atoms with E-state index in [4.69, 9.17) is 9.47 Å². The third-order valence-electron chi connectivity index (χ3n) is 1.88. The standard InChI is InChI=1S/C9H14O4/c1-4-6(11)8-7(5-10)12-9(2,3)13-8/h4-8,11H,1H2,2-3H3/t6-,7+,8?/m1/s1. The number of carbonyl (C=O) groups is 1. The summed E-state index contributed by atoms with van der Waals surface area (Å²) >= 11 is 0. The van der Waals surface area contributed by atoms with E-state index in [9.17, 15) is 9.90 Å². The van der Waals surface area contributed by atoms with Crippen molar-refractivity contribution in [1.29, 1.82) is 0 Å². The van der Waals surface area contributed by atoms with Crippen molar-refractivity contribution in [3.8, 4) is 0 Å². The molecular weight excluding hydrogens is 172 g/mol. The predicted molar refractivity (Wildman–Crippen MR) is 46.1 cm³/mol. The quantitative estimate of drug-likeness (QED) is 0.507. The Morgan fingerprint density at radius 3 is 2.62 bits per heavy atom. The molecule has 13 heavy (non-hydrogen) atoms. The molecule has 1 unspecified atom stereocenters. The van der Waals surface area contributed by atoms with Crippen LogP contribution in [0.3, 0.4) is 0 Å². The van der Waals surface area contributed by atoms with E-state index in [1.807, 2.05) is 0 Å². The fourth-order valence-corrected chi connectivity index (χ4v) is 1.32. The number of ether oxygens (including phenoxy) is 2. The van der Waals surface area contributed by atoms with Crippen LogP contribution >= 0.6 is 0 Å². The van der Waals surface area contributed by atoms with E-state index in [1.165, 1.54) is 6.08 Å². The first-order valence-corrected chi connectivity index (χ1v) is 4.12. The topological polar surface area (TPSA) is 55.8 Å². The number of hydrogen-bond donors (Lipinski definition) is 1. The van der Waals surface area contributed by atoms with Gasteiger partial charge in [-0.05, 0) is 13.8 Å². The van der Waals surface area contributed by atoms with Crippen molar-refractivity contribution < 1.29 is 19.4 Å². The van der Waals surface area contributed by atoms with Crippen molar-refractivity contribution in [2.24, 2.45) is 0 Å². The Morgan fingerprint density at radius 2 is 2.15 bits per heavy atom. The van der Waals surface area contributed by atoms with Crippen LogP contribution in [0.5, 0.6) is 0 Å². The Kier molecular flexibility index (Phi) is 2.85. The molecule has 3 atom stereocenters. The van der Waals surface area contributed by atoms with Gasteiger partial charge in [-0.2, -0.15) is 0 Å². The van der Waals surface area contributed by atoms with Crippen LogP contribution < -0.4 is 0 Å². The monoisotopic (exact) mass is 186 g/mol. The number of rotatable bonds is 3. The van der Waals surface area contributed by atoms with Gasteiger partial charge < -0.3 is 19.4 Å². The van der Waals surface area contributed by atoms with Gasteiger partial charge in [-0.1, -0.05) is 6.08 Å². The van der Waals surface area contributed by atoms with Gasteiger partial charge in [0.1, 0.15) is 18.3 Å². The van der Waals surface area contributed by atoms with Gasteiger partial charge in [0, 0.05) is 0 Å². The Labute approximate surface area is 77.1 Å². The first-order chi connectivity index (χ1) is 6.00. The minimum Gasteiger partial charge on any atom is -0.386 e. The molecule has 4 heteroatoms. The molecule has 0 bridgehead atoms. The van der Waals surface area contributed by atoms with Gasteiger partial charge in [-0.15, -0.1) is 6.58 Å². The van der Waals surface area contributed by atoms with Crippen LogP contribution in [0, 0.1) is 0 Å². The van der Waals surface area contributed by atoms with E-state index in [0.29, 0.717) is 6.29 Å². The van der Waals surface area contributed by atoms with Gasteiger partial charge in [-0.25, -0.2) is 0 Å². The van der Waals surface area contributed by atoms with Gasteiger partial charge >= 0.3 is 0 Å².